The lowest BCUT2D eigenvalue weighted by atomic mass is 10.1. The van der Waals surface area contributed by atoms with Gasteiger partial charge in [-0.1, -0.05) is 69.4 Å². The number of nitrogens with one attached hydrogen (secondary N) is 1. The van der Waals surface area contributed by atoms with Crippen LogP contribution in [0.25, 0.3) is 0 Å². The maximum Gasteiger partial charge on any atom is 0.328 e. The van der Waals surface area contributed by atoms with Crippen molar-refractivity contribution in [2.75, 3.05) is 13.2 Å². The zero-order valence-corrected chi connectivity index (χ0v) is 15.9. The summed E-state index contributed by atoms with van der Waals surface area (Å²) in [6.07, 6.45) is 7.20. The number of nitrogens with two attached hydrogens (primary N) is 1. The fourth-order valence-electron chi connectivity index (χ4n) is 2.45. The van der Waals surface area contributed by atoms with Gasteiger partial charge >= 0.3 is 5.97 Å². The molecule has 3 N–H and O–H groups in total. The number of unbranched alkanes of at least 4 members (excludes halogenated alkanes) is 5. The van der Waals surface area contributed by atoms with Crippen molar-refractivity contribution in [3.05, 3.63) is 35.9 Å². The Morgan fingerprint density at radius 2 is 1.72 bits per heavy atom. The van der Waals surface area contributed by atoms with Crippen LogP contribution in [0.15, 0.2) is 30.3 Å². The first-order valence-corrected chi connectivity index (χ1v) is 8.87. The first-order valence-electron chi connectivity index (χ1n) is 8.87. The third kappa shape index (κ3) is 10.8. The molecule has 1 rings (SSSR count). The molecular weight excluding hydrogens is 340 g/mol. The van der Waals surface area contributed by atoms with E-state index in [4.69, 9.17) is 10.5 Å². The van der Waals surface area contributed by atoms with Crippen LogP contribution >= 0.6 is 12.4 Å². The minimum atomic E-state index is -0.691. The highest BCUT2D eigenvalue weighted by Crippen LogP contribution is 2.07. The van der Waals surface area contributed by atoms with E-state index in [0.29, 0.717) is 13.0 Å². The molecule has 0 aliphatic rings. The Bertz CT molecular complexity index is 483. The van der Waals surface area contributed by atoms with Gasteiger partial charge < -0.3 is 15.8 Å². The van der Waals surface area contributed by atoms with Crippen LogP contribution in [-0.2, 0) is 20.7 Å². The van der Waals surface area contributed by atoms with Gasteiger partial charge in [0.05, 0.1) is 13.2 Å². The summed E-state index contributed by atoms with van der Waals surface area (Å²) >= 11 is 0. The van der Waals surface area contributed by atoms with E-state index in [0.717, 1.165) is 18.4 Å². The monoisotopic (exact) mass is 370 g/mol. The van der Waals surface area contributed by atoms with Crippen molar-refractivity contribution in [2.45, 2.75) is 57.9 Å². The van der Waals surface area contributed by atoms with E-state index < -0.39 is 12.0 Å². The number of benzene rings is 1. The van der Waals surface area contributed by atoms with Gasteiger partial charge in [-0.3, -0.25) is 4.79 Å². The average molecular weight is 371 g/mol. The molecule has 142 valence electrons. The lowest BCUT2D eigenvalue weighted by molar-refractivity contribution is -0.147. The van der Waals surface area contributed by atoms with Crippen LogP contribution in [0.4, 0.5) is 0 Å². The van der Waals surface area contributed by atoms with Crippen molar-refractivity contribution in [1.82, 2.24) is 5.32 Å². The summed E-state index contributed by atoms with van der Waals surface area (Å²) in [5.74, 6) is -0.748. The summed E-state index contributed by atoms with van der Waals surface area (Å²) in [7, 11) is 0. The summed E-state index contributed by atoms with van der Waals surface area (Å²) < 4.78 is 5.33. The molecule has 0 saturated carbocycles. The van der Waals surface area contributed by atoms with Crippen LogP contribution in [0.2, 0.25) is 0 Å². The fourth-order valence-corrected chi connectivity index (χ4v) is 2.45. The predicted octanol–water partition coefficient (Wildman–Crippen LogP) is 3.00. The quantitative estimate of drug-likeness (QED) is 0.437. The number of rotatable bonds is 12. The minimum Gasteiger partial charge on any atom is -0.464 e. The number of ether oxygens (including phenoxy) is 1. The number of carbonyl (C=O) groups is 2. The Hall–Kier alpha value is -1.59. The van der Waals surface area contributed by atoms with Crippen LogP contribution in [-0.4, -0.2) is 31.1 Å². The van der Waals surface area contributed by atoms with Crippen molar-refractivity contribution in [3.8, 4) is 0 Å². The predicted molar refractivity (Wildman–Crippen MR) is 103 cm³/mol. The van der Waals surface area contributed by atoms with E-state index in [1.165, 1.54) is 25.7 Å². The Balaban J connectivity index is 0.00000576. The first-order chi connectivity index (χ1) is 11.7. The Kier molecular flexibility index (Phi) is 13.8. The van der Waals surface area contributed by atoms with Crippen molar-refractivity contribution in [1.29, 1.82) is 0 Å². The van der Waals surface area contributed by atoms with Crippen molar-refractivity contribution in [3.63, 3.8) is 0 Å². The molecule has 0 aliphatic carbocycles. The molecule has 0 bridgehead atoms. The molecule has 1 aromatic carbocycles. The molecular formula is C19H31ClN2O3. The highest BCUT2D eigenvalue weighted by Gasteiger charge is 2.22. The molecule has 0 aliphatic heterocycles. The smallest absolute Gasteiger partial charge is 0.328 e. The van der Waals surface area contributed by atoms with Gasteiger partial charge in [-0.15, -0.1) is 12.4 Å². The molecule has 1 amide bonds. The second kappa shape index (κ2) is 14.7. The van der Waals surface area contributed by atoms with Gasteiger partial charge in [0.15, 0.2) is 0 Å². The number of amides is 1. The normalized spacial score (nSPS) is 11.3. The van der Waals surface area contributed by atoms with Crippen molar-refractivity contribution in [2.24, 2.45) is 5.73 Å². The van der Waals surface area contributed by atoms with E-state index in [1.54, 1.807) is 0 Å². The Morgan fingerprint density at radius 3 is 2.36 bits per heavy atom. The van der Waals surface area contributed by atoms with Gasteiger partial charge in [-0.05, 0) is 12.0 Å². The number of hydrogen-bond donors (Lipinski definition) is 2. The number of halogens is 1. The molecule has 0 saturated heterocycles. The molecule has 6 heteroatoms. The van der Waals surface area contributed by atoms with Crippen LogP contribution in [0, 0.1) is 0 Å². The summed E-state index contributed by atoms with van der Waals surface area (Å²) in [6, 6.07) is 8.86. The molecule has 1 aromatic rings. The number of esters is 1. The lowest BCUT2D eigenvalue weighted by Crippen LogP contribution is -2.45. The van der Waals surface area contributed by atoms with Gasteiger partial charge in [0.25, 0.3) is 0 Å². The topological polar surface area (TPSA) is 81.4 Å². The molecule has 0 heterocycles. The minimum absolute atomic E-state index is 0. The maximum atomic E-state index is 12.3. The second-order valence-corrected chi connectivity index (χ2v) is 5.95. The molecule has 1 atom stereocenters. The zero-order valence-electron chi connectivity index (χ0n) is 15.0. The van der Waals surface area contributed by atoms with Crippen LogP contribution < -0.4 is 11.1 Å². The summed E-state index contributed by atoms with van der Waals surface area (Å²) in [5.41, 5.74) is 6.30. The molecule has 25 heavy (non-hydrogen) atoms. The lowest BCUT2D eigenvalue weighted by Gasteiger charge is -2.17. The Labute approximate surface area is 157 Å². The molecule has 0 radical (unpaired) electrons. The largest absolute Gasteiger partial charge is 0.464 e. The van der Waals surface area contributed by atoms with E-state index in [-0.39, 0.29) is 24.9 Å². The average Bonchev–Trinajstić information content (AvgIpc) is 2.61. The van der Waals surface area contributed by atoms with E-state index in [2.05, 4.69) is 12.2 Å². The van der Waals surface area contributed by atoms with Crippen molar-refractivity contribution < 1.29 is 14.3 Å². The van der Waals surface area contributed by atoms with Crippen molar-refractivity contribution >= 4 is 24.3 Å². The first kappa shape index (κ1) is 23.4. The third-order valence-electron chi connectivity index (χ3n) is 3.83. The highest BCUT2D eigenvalue weighted by atomic mass is 35.5. The van der Waals surface area contributed by atoms with Gasteiger partial charge in [0, 0.05) is 6.42 Å². The summed E-state index contributed by atoms with van der Waals surface area (Å²) in [5, 5.41) is 2.65. The molecule has 0 spiro atoms. The van der Waals surface area contributed by atoms with Gasteiger partial charge in [-0.2, -0.15) is 0 Å². The van der Waals surface area contributed by atoms with Gasteiger partial charge in [0.1, 0.15) is 6.04 Å². The van der Waals surface area contributed by atoms with Crippen LogP contribution in [0.5, 0.6) is 0 Å². The highest BCUT2D eigenvalue weighted by molar-refractivity contribution is 5.85. The SMILES string of the molecule is CCCCCCCCOC(=O)[C@H](Cc1ccccc1)NC(=O)CN.Cl. The third-order valence-corrected chi connectivity index (χ3v) is 3.83. The second-order valence-electron chi connectivity index (χ2n) is 5.95. The Morgan fingerprint density at radius 1 is 1.08 bits per heavy atom. The van der Waals surface area contributed by atoms with E-state index in [9.17, 15) is 9.59 Å². The van der Waals surface area contributed by atoms with Crippen LogP contribution in [0.3, 0.4) is 0 Å². The van der Waals surface area contributed by atoms with E-state index >= 15 is 0 Å². The van der Waals surface area contributed by atoms with Gasteiger partial charge in [0.2, 0.25) is 5.91 Å². The van der Waals surface area contributed by atoms with Gasteiger partial charge in [-0.25, -0.2) is 4.79 Å². The fraction of sp³-hybridized carbons (Fsp3) is 0.579. The molecule has 0 fully saturated rings. The van der Waals surface area contributed by atoms with Crippen LogP contribution in [0.1, 0.15) is 51.0 Å². The molecule has 5 nitrogen and oxygen atoms in total. The number of carbonyl (C=O) groups excluding carboxylic acids is 2. The summed E-state index contributed by atoms with van der Waals surface area (Å²) in [4.78, 5) is 23.8. The van der Waals surface area contributed by atoms with E-state index in [1.807, 2.05) is 30.3 Å². The standard InChI is InChI=1S/C19H30N2O3.ClH/c1-2-3-4-5-6-10-13-24-19(23)17(21-18(22)15-20)14-16-11-8-7-9-12-16;/h7-9,11-12,17H,2-6,10,13-15,20H2,1H3,(H,21,22);1H/t17-;/m0./s1. The molecule has 0 aromatic heterocycles. The zero-order chi connectivity index (χ0) is 17.6. The number of hydrogen-bond acceptors (Lipinski definition) is 4. The summed E-state index contributed by atoms with van der Waals surface area (Å²) in [6.45, 7) is 2.44. The maximum absolute atomic E-state index is 12.3. The molecule has 0 unspecified atom stereocenters.